The van der Waals surface area contributed by atoms with Gasteiger partial charge in [-0.1, -0.05) is 38.0 Å². The third kappa shape index (κ3) is 12.2. The molecule has 0 radical (unpaired) electrons. The lowest BCUT2D eigenvalue weighted by Crippen LogP contribution is -2.50. The number of aliphatic carboxylic acids is 1. The van der Waals surface area contributed by atoms with Crippen LogP contribution >= 0.6 is 0 Å². The first kappa shape index (κ1) is 25.0. The zero-order valence-corrected chi connectivity index (χ0v) is 18.7. The highest BCUT2D eigenvalue weighted by Gasteiger charge is 2.25. The van der Waals surface area contributed by atoms with Gasteiger partial charge in [0.25, 0.3) is 10.2 Å². The largest absolute Gasteiger partial charge is 0.481 e. The molecule has 0 fully saturated rings. The molecular formula is C21H34N3O4S+. The van der Waals surface area contributed by atoms with Crippen molar-refractivity contribution in [2.24, 2.45) is 0 Å². The first-order chi connectivity index (χ1) is 13.5. The summed E-state index contributed by atoms with van der Waals surface area (Å²) in [4.78, 5) is 11.1. The van der Waals surface area contributed by atoms with Gasteiger partial charge in [-0.05, 0) is 30.7 Å². The molecule has 1 aromatic rings. The van der Waals surface area contributed by atoms with Crippen molar-refractivity contribution >= 4 is 21.9 Å². The fraction of sp³-hybridized carbons (Fsp3) is 0.571. The summed E-state index contributed by atoms with van der Waals surface area (Å²) in [7, 11) is 1.72. The molecule has 29 heavy (non-hydrogen) atoms. The van der Waals surface area contributed by atoms with Crippen molar-refractivity contribution in [1.29, 1.82) is 0 Å². The summed E-state index contributed by atoms with van der Waals surface area (Å²) in [5.74, 6) is 5.16. The summed E-state index contributed by atoms with van der Waals surface area (Å²) in [5, 5.41) is 9.05. The minimum Gasteiger partial charge on any atom is -0.481 e. The molecule has 0 saturated carbocycles. The molecule has 0 spiro atoms. The van der Waals surface area contributed by atoms with Gasteiger partial charge in [-0.3, -0.25) is 9.52 Å². The number of nitrogens with one attached hydrogen (secondary N) is 2. The van der Waals surface area contributed by atoms with Crippen LogP contribution in [0.25, 0.3) is 0 Å². The third-order valence-corrected chi connectivity index (χ3v) is 5.18. The molecule has 0 amide bonds. The van der Waals surface area contributed by atoms with E-state index in [4.69, 9.17) is 5.11 Å². The van der Waals surface area contributed by atoms with Gasteiger partial charge in [0.1, 0.15) is 0 Å². The van der Waals surface area contributed by atoms with Crippen LogP contribution in [-0.4, -0.2) is 57.7 Å². The SMILES string of the molecule is CCCCCCC#Cc1ccc(NS(=O)(=O)NC(CC(=O)O)C[N+](C)(C)C)cc1. The standard InChI is InChI=1S/C21H33N3O4S/c1-5-6-7-8-9-10-11-18-12-14-19(15-13-18)22-29(27,28)23-20(16-21(25)26)17-24(2,3)4/h12-15,20,22-23H,5-9,16-17H2,1-4H3/p+1. The highest BCUT2D eigenvalue weighted by molar-refractivity contribution is 7.90. The highest BCUT2D eigenvalue weighted by Crippen LogP contribution is 2.11. The molecule has 1 rings (SSSR count). The first-order valence-electron chi connectivity index (χ1n) is 9.92. The van der Waals surface area contributed by atoms with Gasteiger partial charge in [-0.15, -0.1) is 0 Å². The van der Waals surface area contributed by atoms with Crippen LogP contribution in [-0.2, 0) is 15.0 Å². The van der Waals surface area contributed by atoms with Gasteiger partial charge in [0.05, 0.1) is 40.2 Å². The molecule has 0 aliphatic carbocycles. The van der Waals surface area contributed by atoms with Gasteiger partial charge in [0, 0.05) is 17.7 Å². The van der Waals surface area contributed by atoms with Crippen molar-refractivity contribution in [1.82, 2.24) is 4.72 Å². The van der Waals surface area contributed by atoms with Crippen molar-refractivity contribution < 1.29 is 22.8 Å². The number of hydrogen-bond acceptors (Lipinski definition) is 3. The van der Waals surface area contributed by atoms with E-state index in [1.807, 2.05) is 21.1 Å². The fourth-order valence-electron chi connectivity index (χ4n) is 2.85. The Morgan fingerprint density at radius 2 is 1.79 bits per heavy atom. The molecule has 0 bridgehead atoms. The lowest BCUT2D eigenvalue weighted by Gasteiger charge is -2.29. The summed E-state index contributed by atoms with van der Waals surface area (Å²) in [6.45, 7) is 2.52. The van der Waals surface area contributed by atoms with Crippen LogP contribution in [0, 0.1) is 11.8 Å². The second-order valence-electron chi connectivity index (χ2n) is 8.18. The molecule has 0 heterocycles. The number of carbonyl (C=O) groups is 1. The maximum absolute atomic E-state index is 12.4. The van der Waals surface area contributed by atoms with E-state index in [1.165, 1.54) is 19.3 Å². The van der Waals surface area contributed by atoms with E-state index in [-0.39, 0.29) is 6.42 Å². The Kier molecular flexibility index (Phi) is 10.2. The Labute approximate surface area is 175 Å². The van der Waals surface area contributed by atoms with Crippen LogP contribution in [0.4, 0.5) is 5.69 Å². The van der Waals surface area contributed by atoms with Gasteiger partial charge >= 0.3 is 5.97 Å². The number of benzene rings is 1. The molecule has 1 aromatic carbocycles. The Morgan fingerprint density at radius 1 is 1.14 bits per heavy atom. The number of nitrogens with zero attached hydrogens (tertiary/aromatic N) is 1. The summed E-state index contributed by atoms with van der Waals surface area (Å²) in [5.41, 5.74) is 1.22. The second kappa shape index (κ2) is 11.8. The zero-order valence-electron chi connectivity index (χ0n) is 17.9. The van der Waals surface area contributed by atoms with Gasteiger partial charge in [-0.25, -0.2) is 0 Å². The molecule has 0 aliphatic heterocycles. The molecule has 0 aromatic heterocycles. The normalized spacial score (nSPS) is 12.7. The Hall–Kier alpha value is -2.08. The van der Waals surface area contributed by atoms with Gasteiger partial charge < -0.3 is 9.59 Å². The lowest BCUT2D eigenvalue weighted by molar-refractivity contribution is -0.871. The zero-order chi connectivity index (χ0) is 21.9. The predicted octanol–water partition coefficient (Wildman–Crippen LogP) is 2.80. The van der Waals surface area contributed by atoms with Crippen molar-refractivity contribution in [2.75, 3.05) is 32.4 Å². The molecule has 1 unspecified atom stereocenters. The van der Waals surface area contributed by atoms with Crippen LogP contribution in [0.3, 0.4) is 0 Å². The van der Waals surface area contributed by atoms with Crippen molar-refractivity contribution in [3.8, 4) is 11.8 Å². The maximum atomic E-state index is 12.4. The monoisotopic (exact) mass is 424 g/mol. The lowest BCUT2D eigenvalue weighted by atomic mass is 10.1. The predicted molar refractivity (Wildman–Crippen MR) is 117 cm³/mol. The minimum absolute atomic E-state index is 0.288. The van der Waals surface area contributed by atoms with E-state index in [0.717, 1.165) is 18.4 Å². The van der Waals surface area contributed by atoms with E-state index in [2.05, 4.69) is 28.2 Å². The number of carboxylic acids is 1. The Morgan fingerprint density at radius 3 is 2.34 bits per heavy atom. The number of rotatable bonds is 12. The van der Waals surface area contributed by atoms with Crippen LogP contribution in [0.1, 0.15) is 51.0 Å². The van der Waals surface area contributed by atoms with Crippen LogP contribution in [0.15, 0.2) is 24.3 Å². The van der Waals surface area contributed by atoms with Crippen molar-refractivity contribution in [3.63, 3.8) is 0 Å². The number of carboxylic acid groups (broad SMARTS) is 1. The van der Waals surface area contributed by atoms with Crippen LogP contribution in [0.2, 0.25) is 0 Å². The summed E-state index contributed by atoms with van der Waals surface area (Å²) < 4.78 is 30.1. The number of hydrogen-bond donors (Lipinski definition) is 3. The smallest absolute Gasteiger partial charge is 0.305 e. The molecule has 162 valence electrons. The summed E-state index contributed by atoms with van der Waals surface area (Å²) in [6.07, 6.45) is 5.28. The molecular weight excluding hydrogens is 390 g/mol. The summed E-state index contributed by atoms with van der Waals surface area (Å²) >= 11 is 0. The average Bonchev–Trinajstić information content (AvgIpc) is 2.56. The number of likely N-dealkylation sites (N-methyl/N-ethyl adjacent to an activating group) is 1. The van der Waals surface area contributed by atoms with E-state index in [9.17, 15) is 13.2 Å². The van der Waals surface area contributed by atoms with Gasteiger partial charge in [-0.2, -0.15) is 13.1 Å². The van der Waals surface area contributed by atoms with Crippen molar-refractivity contribution in [3.05, 3.63) is 29.8 Å². The molecule has 0 saturated heterocycles. The fourth-order valence-corrected chi connectivity index (χ4v) is 3.95. The average molecular weight is 425 g/mol. The number of quaternary nitrogens is 1. The van der Waals surface area contributed by atoms with E-state index in [1.54, 1.807) is 24.3 Å². The van der Waals surface area contributed by atoms with Crippen LogP contribution < -0.4 is 9.44 Å². The molecule has 8 heteroatoms. The van der Waals surface area contributed by atoms with Gasteiger partial charge in [0.2, 0.25) is 0 Å². The Balaban J connectivity index is 2.68. The summed E-state index contributed by atoms with van der Waals surface area (Å²) in [6, 6.07) is 6.09. The van der Waals surface area contributed by atoms with E-state index >= 15 is 0 Å². The molecule has 3 N–H and O–H groups in total. The molecule has 0 aliphatic rings. The first-order valence-corrected chi connectivity index (χ1v) is 11.4. The maximum Gasteiger partial charge on any atom is 0.305 e. The number of anilines is 1. The third-order valence-electron chi connectivity index (χ3n) is 4.04. The topological polar surface area (TPSA) is 95.5 Å². The van der Waals surface area contributed by atoms with Crippen LogP contribution in [0.5, 0.6) is 0 Å². The van der Waals surface area contributed by atoms with Crippen molar-refractivity contribution in [2.45, 2.75) is 51.5 Å². The van der Waals surface area contributed by atoms with E-state index < -0.39 is 22.2 Å². The molecule has 1 atom stereocenters. The minimum atomic E-state index is -3.90. The quantitative estimate of drug-likeness (QED) is 0.273. The molecule has 7 nitrogen and oxygen atoms in total. The number of unbranched alkanes of at least 4 members (excludes halogenated alkanes) is 4. The Bertz CT molecular complexity index is 803. The van der Waals surface area contributed by atoms with Gasteiger partial charge in [0.15, 0.2) is 0 Å². The van der Waals surface area contributed by atoms with E-state index in [0.29, 0.717) is 16.7 Å². The second-order valence-corrected chi connectivity index (χ2v) is 9.63. The highest BCUT2D eigenvalue weighted by atomic mass is 32.2.